The van der Waals surface area contributed by atoms with Crippen LogP contribution in [0.1, 0.15) is 38.3 Å². The van der Waals surface area contributed by atoms with Gasteiger partial charge in [0, 0.05) is 17.8 Å². The Hall–Kier alpha value is -7.13. The molecule has 322 valence electrons. The molecule has 1 atom stereocenters. The molecule has 7 aromatic rings. The standard InChI is InChI=1S/C46H43N6O10P/c1-56-38-15-9-31(10-16-38)27-51-47-26-42(48-51)34-13-19-40-36(23-34)25-37-24-35(14-20-41(37)40)43-44(50-52(49-43)28-32-11-17-39(57-2)18-12-32)45(53)59-30-60-46(54)58-21-22-61-63(3,55)62-29-33-7-5-4-6-8-33/h4-20,23-24,26H,21-22,25,27-30H2,1-3H3. The van der Waals surface area contributed by atoms with Crippen LogP contribution in [0.2, 0.25) is 0 Å². The SMILES string of the molecule is COc1ccc(Cn2ncc(-c3ccc4c(c3)Cc3cc(-c5nn(Cc6ccc(OC)cc6)nc5C(=O)OCOC(=O)OCCOP(C)(=O)OCc5ccccc5)ccc3-4)n2)cc1. The van der Waals surface area contributed by atoms with Gasteiger partial charge in [-0.25, -0.2) is 9.59 Å². The van der Waals surface area contributed by atoms with Crippen molar-refractivity contribution < 1.29 is 46.9 Å². The molecule has 0 aliphatic heterocycles. The highest BCUT2D eigenvalue weighted by molar-refractivity contribution is 7.52. The second-order valence-corrected chi connectivity index (χ2v) is 16.5. The fourth-order valence-corrected chi connectivity index (χ4v) is 7.80. The van der Waals surface area contributed by atoms with Crippen LogP contribution in [-0.4, -0.2) is 83.0 Å². The van der Waals surface area contributed by atoms with Gasteiger partial charge in [-0.1, -0.05) is 78.9 Å². The Labute approximate surface area is 362 Å². The number of methoxy groups -OCH3 is 2. The molecule has 2 heterocycles. The first-order chi connectivity index (χ1) is 30.6. The molecule has 1 aliphatic carbocycles. The molecule has 8 rings (SSSR count). The van der Waals surface area contributed by atoms with E-state index >= 15 is 0 Å². The van der Waals surface area contributed by atoms with Crippen molar-refractivity contribution in [2.45, 2.75) is 26.1 Å². The Morgan fingerprint density at radius 1 is 0.651 bits per heavy atom. The fourth-order valence-electron chi connectivity index (χ4n) is 6.93. The number of hydrogen-bond donors (Lipinski definition) is 0. The third-order valence-corrected chi connectivity index (χ3v) is 11.4. The molecule has 0 radical (unpaired) electrons. The third-order valence-electron chi connectivity index (χ3n) is 10.1. The summed E-state index contributed by atoms with van der Waals surface area (Å²) in [5, 5.41) is 18.5. The molecule has 0 fully saturated rings. The van der Waals surface area contributed by atoms with Crippen molar-refractivity contribution in [2.75, 3.05) is 40.9 Å². The van der Waals surface area contributed by atoms with Crippen LogP contribution in [0, 0.1) is 0 Å². The molecular formula is C46H43N6O10P. The minimum absolute atomic E-state index is 0.0708. The molecule has 2 aromatic heterocycles. The van der Waals surface area contributed by atoms with E-state index in [4.69, 9.17) is 42.9 Å². The Bertz CT molecular complexity index is 2760. The molecule has 0 N–H and O–H groups in total. The van der Waals surface area contributed by atoms with E-state index in [2.05, 4.69) is 22.3 Å². The smallest absolute Gasteiger partial charge is 0.497 e. The lowest BCUT2D eigenvalue weighted by molar-refractivity contribution is -0.0302. The second kappa shape index (κ2) is 19.3. The fraction of sp³-hybridized carbons (Fsp3) is 0.217. The number of carbonyl (C=O) groups excluding carboxylic acids is 2. The summed E-state index contributed by atoms with van der Waals surface area (Å²) in [5.74, 6) is 0.625. The minimum atomic E-state index is -3.41. The predicted octanol–water partition coefficient (Wildman–Crippen LogP) is 8.21. The lowest BCUT2D eigenvalue weighted by atomic mass is 10.0. The number of aromatic nitrogens is 6. The van der Waals surface area contributed by atoms with Crippen LogP contribution in [0.4, 0.5) is 4.79 Å². The highest BCUT2D eigenvalue weighted by Gasteiger charge is 2.26. The van der Waals surface area contributed by atoms with E-state index in [9.17, 15) is 14.2 Å². The van der Waals surface area contributed by atoms with Crippen LogP contribution >= 0.6 is 7.60 Å². The number of esters is 1. The summed E-state index contributed by atoms with van der Waals surface area (Å²) in [6.45, 7) is 0.959. The Balaban J connectivity index is 0.913. The maximum Gasteiger partial charge on any atom is 0.511 e. The molecule has 5 aromatic carbocycles. The lowest BCUT2D eigenvalue weighted by Gasteiger charge is -2.14. The zero-order valence-corrected chi connectivity index (χ0v) is 35.6. The van der Waals surface area contributed by atoms with Crippen molar-refractivity contribution in [3.8, 4) is 45.1 Å². The molecular weight excluding hydrogens is 828 g/mol. The van der Waals surface area contributed by atoms with Crippen LogP contribution in [0.3, 0.4) is 0 Å². The first kappa shape index (κ1) is 42.6. The quantitative estimate of drug-likeness (QED) is 0.0349. The average Bonchev–Trinajstić information content (AvgIpc) is 4.05. The van der Waals surface area contributed by atoms with Gasteiger partial charge in [-0.2, -0.15) is 24.9 Å². The van der Waals surface area contributed by atoms with Crippen molar-refractivity contribution in [3.05, 3.63) is 155 Å². The first-order valence-electron chi connectivity index (χ1n) is 19.9. The van der Waals surface area contributed by atoms with E-state index in [0.717, 1.165) is 56.0 Å². The van der Waals surface area contributed by atoms with E-state index < -0.39 is 26.5 Å². The van der Waals surface area contributed by atoms with Crippen molar-refractivity contribution in [1.82, 2.24) is 30.0 Å². The Morgan fingerprint density at radius 2 is 1.29 bits per heavy atom. The van der Waals surface area contributed by atoms with Crippen molar-refractivity contribution in [1.29, 1.82) is 0 Å². The Kier molecular flexibility index (Phi) is 13.0. The zero-order chi connectivity index (χ0) is 43.8. The molecule has 0 amide bonds. The Morgan fingerprint density at radius 3 is 1.95 bits per heavy atom. The molecule has 1 aliphatic rings. The van der Waals surface area contributed by atoms with Gasteiger partial charge in [0.15, 0.2) is 5.69 Å². The van der Waals surface area contributed by atoms with Gasteiger partial charge in [0.1, 0.15) is 29.5 Å². The molecule has 0 saturated heterocycles. The normalized spacial score (nSPS) is 12.5. The van der Waals surface area contributed by atoms with Gasteiger partial charge in [0.05, 0.1) is 46.7 Å². The summed E-state index contributed by atoms with van der Waals surface area (Å²) < 4.78 is 49.1. The third kappa shape index (κ3) is 10.7. The molecule has 63 heavy (non-hydrogen) atoms. The van der Waals surface area contributed by atoms with Crippen molar-refractivity contribution in [2.24, 2.45) is 0 Å². The topological polar surface area (TPSA) is 177 Å². The second-order valence-electron chi connectivity index (χ2n) is 14.5. The number of hydrogen-bond acceptors (Lipinski definition) is 14. The average molecular weight is 871 g/mol. The van der Waals surface area contributed by atoms with Crippen LogP contribution in [0.5, 0.6) is 11.5 Å². The van der Waals surface area contributed by atoms with Gasteiger partial charge in [-0.05, 0) is 81.8 Å². The van der Waals surface area contributed by atoms with Crippen molar-refractivity contribution >= 4 is 19.7 Å². The molecule has 17 heteroatoms. The predicted molar refractivity (Wildman–Crippen MR) is 230 cm³/mol. The molecule has 0 bridgehead atoms. The first-order valence-corrected chi connectivity index (χ1v) is 21.9. The maximum atomic E-state index is 13.5. The summed E-state index contributed by atoms with van der Waals surface area (Å²) >= 11 is 0. The number of rotatable bonds is 18. The number of fused-ring (bicyclic) bond motifs is 3. The van der Waals surface area contributed by atoms with Crippen LogP contribution in [0.25, 0.3) is 33.6 Å². The summed E-state index contributed by atoms with van der Waals surface area (Å²) in [5.41, 5.74) is 9.68. The number of benzene rings is 5. The molecule has 16 nitrogen and oxygen atoms in total. The largest absolute Gasteiger partial charge is 0.511 e. The highest BCUT2D eigenvalue weighted by Crippen LogP contribution is 2.44. The molecule has 0 saturated carbocycles. The van der Waals surface area contributed by atoms with Gasteiger partial charge in [0.2, 0.25) is 6.79 Å². The van der Waals surface area contributed by atoms with E-state index in [1.165, 1.54) is 11.5 Å². The molecule has 1 unspecified atom stereocenters. The van der Waals surface area contributed by atoms with Gasteiger partial charge in [-0.3, -0.25) is 4.57 Å². The zero-order valence-electron chi connectivity index (χ0n) is 34.7. The highest BCUT2D eigenvalue weighted by atomic mass is 31.2. The number of carbonyl (C=O) groups is 2. The van der Waals surface area contributed by atoms with Gasteiger partial charge < -0.3 is 32.7 Å². The summed E-state index contributed by atoms with van der Waals surface area (Å²) in [6.07, 6.45) is 1.29. The van der Waals surface area contributed by atoms with Crippen molar-refractivity contribution in [3.63, 3.8) is 0 Å². The number of nitrogens with zero attached hydrogens (tertiary/aromatic N) is 6. The lowest BCUT2D eigenvalue weighted by Crippen LogP contribution is -2.16. The maximum absolute atomic E-state index is 13.5. The van der Waals surface area contributed by atoms with E-state index in [-0.39, 0.29) is 32.1 Å². The number of ether oxygens (including phenoxy) is 5. The summed E-state index contributed by atoms with van der Waals surface area (Å²) in [6, 6.07) is 36.6. The van der Waals surface area contributed by atoms with Gasteiger partial charge in [-0.15, -0.1) is 5.10 Å². The van der Waals surface area contributed by atoms with E-state index in [1.807, 2.05) is 103 Å². The van der Waals surface area contributed by atoms with Gasteiger partial charge in [0.25, 0.3) is 0 Å². The van der Waals surface area contributed by atoms with E-state index in [0.29, 0.717) is 30.0 Å². The van der Waals surface area contributed by atoms with Crippen LogP contribution < -0.4 is 9.47 Å². The van der Waals surface area contributed by atoms with Crippen LogP contribution in [-0.2, 0) is 53.9 Å². The monoisotopic (exact) mass is 870 g/mol. The molecule has 0 spiro atoms. The van der Waals surface area contributed by atoms with E-state index in [1.54, 1.807) is 25.2 Å². The summed E-state index contributed by atoms with van der Waals surface area (Å²) in [7, 11) is -0.185. The van der Waals surface area contributed by atoms with Gasteiger partial charge >= 0.3 is 19.7 Å². The van der Waals surface area contributed by atoms with Crippen LogP contribution in [0.15, 0.2) is 121 Å². The summed E-state index contributed by atoms with van der Waals surface area (Å²) in [4.78, 5) is 28.9. The minimum Gasteiger partial charge on any atom is -0.497 e.